The molecular weight excluding hydrogens is 344 g/mol. The molecule has 3 fully saturated rings. The number of rotatable bonds is 2. The number of piperidine rings is 1. The fraction of sp³-hybridized carbons (Fsp3) is 0.520. The van der Waals surface area contributed by atoms with E-state index >= 15 is 0 Å². The van der Waals surface area contributed by atoms with Crippen molar-refractivity contribution >= 4 is 21.9 Å². The molecule has 1 aromatic heterocycles. The van der Waals surface area contributed by atoms with Gasteiger partial charge in [-0.2, -0.15) is 0 Å². The monoisotopic (exact) mass is 374 g/mol. The summed E-state index contributed by atoms with van der Waals surface area (Å²) in [6, 6.07) is 15.2. The Morgan fingerprint density at radius 1 is 0.786 bits per heavy atom. The van der Waals surface area contributed by atoms with E-state index in [1.807, 2.05) is 0 Å². The summed E-state index contributed by atoms with van der Waals surface area (Å²) in [7, 11) is 0. The van der Waals surface area contributed by atoms with Gasteiger partial charge in [0.15, 0.2) is 0 Å². The maximum Gasteiger partial charge on any atom is 0.138 e. The second-order valence-corrected chi connectivity index (χ2v) is 9.28. The van der Waals surface area contributed by atoms with Crippen LogP contribution in [0, 0.1) is 17.8 Å². The van der Waals surface area contributed by atoms with Gasteiger partial charge in [-0.3, -0.25) is 0 Å². The lowest BCUT2D eigenvalue weighted by molar-refractivity contribution is 0.142. The highest BCUT2D eigenvalue weighted by Crippen LogP contribution is 2.44. The third-order valence-corrected chi connectivity index (χ3v) is 7.83. The van der Waals surface area contributed by atoms with Crippen LogP contribution in [-0.4, -0.2) is 19.3 Å². The van der Waals surface area contributed by atoms with Crippen LogP contribution in [0.3, 0.4) is 0 Å². The van der Waals surface area contributed by atoms with E-state index in [2.05, 4.69) is 53.1 Å². The average Bonchev–Trinajstić information content (AvgIpc) is 3.35. The number of furan rings is 1. The second kappa shape index (κ2) is 6.89. The zero-order chi connectivity index (χ0) is 18.5. The molecule has 0 amide bonds. The lowest BCUT2D eigenvalue weighted by Gasteiger charge is -2.40. The van der Waals surface area contributed by atoms with Crippen LogP contribution in [0.25, 0.3) is 21.9 Å². The van der Waals surface area contributed by atoms with E-state index in [1.54, 1.807) is 0 Å². The van der Waals surface area contributed by atoms with Gasteiger partial charge in [-0.05, 0) is 36.8 Å². The molecule has 2 aromatic carbocycles. The first-order valence-electron chi connectivity index (χ1n) is 11.3. The fourth-order valence-corrected chi connectivity index (χ4v) is 6.39. The van der Waals surface area contributed by atoms with Crippen LogP contribution in [0.15, 0.2) is 46.9 Å². The van der Waals surface area contributed by atoms with E-state index in [9.17, 15) is 0 Å². The Hall–Kier alpha value is -1.84. The third-order valence-electron chi connectivity index (χ3n) is 7.83. The summed E-state index contributed by atoms with van der Waals surface area (Å²) in [4.78, 5) is 0. The lowest BCUT2D eigenvalue weighted by Crippen LogP contribution is -2.50. The minimum Gasteiger partial charge on any atom is -0.456 e. The molecule has 2 N–H and O–H groups in total. The van der Waals surface area contributed by atoms with Crippen LogP contribution >= 0.6 is 0 Å². The highest BCUT2D eigenvalue weighted by molar-refractivity contribution is 6.05. The van der Waals surface area contributed by atoms with Crippen molar-refractivity contribution in [3.8, 4) is 0 Å². The molecule has 1 saturated carbocycles. The Morgan fingerprint density at radius 3 is 2.54 bits per heavy atom. The van der Waals surface area contributed by atoms with Gasteiger partial charge in [0.05, 0.1) is 6.17 Å². The number of nitrogens with one attached hydrogen (secondary N) is 2. The Balaban J connectivity index is 1.35. The molecule has 4 atom stereocenters. The summed E-state index contributed by atoms with van der Waals surface area (Å²) < 4.78 is 6.37. The van der Waals surface area contributed by atoms with E-state index in [4.69, 9.17) is 4.42 Å². The first kappa shape index (κ1) is 17.1. The summed E-state index contributed by atoms with van der Waals surface area (Å²) in [6.07, 6.45) is 9.04. The maximum absolute atomic E-state index is 6.37. The van der Waals surface area contributed by atoms with Crippen LogP contribution in [0.2, 0.25) is 0 Å². The molecule has 1 aliphatic carbocycles. The van der Waals surface area contributed by atoms with Gasteiger partial charge in [0.25, 0.3) is 0 Å². The molecule has 0 bridgehead atoms. The number of hydrogen-bond donors (Lipinski definition) is 2. The molecular formula is C25H30N2O. The molecule has 4 unspecified atom stereocenters. The summed E-state index contributed by atoms with van der Waals surface area (Å²) >= 11 is 0. The van der Waals surface area contributed by atoms with Crippen molar-refractivity contribution < 1.29 is 4.42 Å². The normalized spacial score (nSPS) is 31.4. The van der Waals surface area contributed by atoms with Crippen molar-refractivity contribution in [2.75, 3.05) is 13.1 Å². The van der Waals surface area contributed by atoms with E-state index < -0.39 is 0 Å². The zero-order valence-corrected chi connectivity index (χ0v) is 16.5. The number of benzene rings is 2. The zero-order valence-electron chi connectivity index (χ0n) is 16.5. The molecule has 3 heterocycles. The van der Waals surface area contributed by atoms with Gasteiger partial charge < -0.3 is 15.1 Å². The Kier molecular flexibility index (Phi) is 4.20. The largest absolute Gasteiger partial charge is 0.456 e. The van der Waals surface area contributed by atoms with Crippen molar-refractivity contribution in [1.29, 1.82) is 0 Å². The molecule has 3 nitrogen and oxygen atoms in total. The van der Waals surface area contributed by atoms with Gasteiger partial charge >= 0.3 is 0 Å². The van der Waals surface area contributed by atoms with E-state index in [0.29, 0.717) is 18.0 Å². The highest BCUT2D eigenvalue weighted by atomic mass is 16.3. The Bertz CT molecular complexity index is 987. The molecule has 3 heteroatoms. The smallest absolute Gasteiger partial charge is 0.138 e. The van der Waals surface area contributed by atoms with Gasteiger partial charge in [-0.15, -0.1) is 0 Å². The topological polar surface area (TPSA) is 37.2 Å². The molecule has 2 aliphatic heterocycles. The van der Waals surface area contributed by atoms with E-state index in [1.165, 1.54) is 61.4 Å². The minimum atomic E-state index is 0.462. The summed E-state index contributed by atoms with van der Waals surface area (Å²) in [5.41, 5.74) is 3.52. The molecule has 3 aromatic rings. The summed E-state index contributed by atoms with van der Waals surface area (Å²) in [6.45, 7) is 2.25. The molecule has 0 spiro atoms. The van der Waals surface area contributed by atoms with Crippen molar-refractivity contribution in [2.45, 2.75) is 50.6 Å². The number of hydrogen-bond acceptors (Lipinski definition) is 3. The second-order valence-electron chi connectivity index (χ2n) is 9.28. The molecule has 28 heavy (non-hydrogen) atoms. The summed E-state index contributed by atoms with van der Waals surface area (Å²) in [5, 5.41) is 10.1. The van der Waals surface area contributed by atoms with Gasteiger partial charge in [-0.1, -0.05) is 68.5 Å². The molecule has 0 radical (unpaired) electrons. The SMILES string of the molecule is c1ccc2c(c1)oc1c(C3CNC4NCC(C5CCCCC5)CC43)cccc12. The van der Waals surface area contributed by atoms with Gasteiger partial charge in [0.1, 0.15) is 11.2 Å². The predicted octanol–water partition coefficient (Wildman–Crippen LogP) is 5.40. The van der Waals surface area contributed by atoms with Gasteiger partial charge in [0.2, 0.25) is 0 Å². The lowest BCUT2D eigenvalue weighted by atomic mass is 9.71. The number of fused-ring (bicyclic) bond motifs is 4. The standard InChI is InChI=1S/C25H30N2O/c1-2-7-16(8-3-1)17-13-21-22(15-27-25(21)26-14-17)20-11-6-10-19-18-9-4-5-12-23(18)28-24(19)20/h4-6,9-12,16-17,21-22,25-27H,1-3,7-8,13-15H2. The van der Waals surface area contributed by atoms with Crippen molar-refractivity contribution in [2.24, 2.45) is 17.8 Å². The number of para-hydroxylation sites is 2. The average molecular weight is 375 g/mol. The van der Waals surface area contributed by atoms with Crippen LogP contribution in [0.4, 0.5) is 0 Å². The van der Waals surface area contributed by atoms with Crippen LogP contribution in [-0.2, 0) is 0 Å². The molecule has 2 saturated heterocycles. The summed E-state index contributed by atoms with van der Waals surface area (Å²) in [5.74, 6) is 2.98. The van der Waals surface area contributed by atoms with Crippen LogP contribution in [0.1, 0.15) is 50.0 Å². The molecule has 3 aliphatic rings. The van der Waals surface area contributed by atoms with Crippen molar-refractivity contribution in [3.05, 3.63) is 48.0 Å². The first-order chi connectivity index (χ1) is 13.9. The fourth-order valence-electron chi connectivity index (χ4n) is 6.39. The van der Waals surface area contributed by atoms with E-state index in [0.717, 1.165) is 29.5 Å². The predicted molar refractivity (Wildman–Crippen MR) is 114 cm³/mol. The van der Waals surface area contributed by atoms with E-state index in [-0.39, 0.29) is 0 Å². The highest BCUT2D eigenvalue weighted by Gasteiger charge is 2.43. The first-order valence-corrected chi connectivity index (χ1v) is 11.3. The minimum absolute atomic E-state index is 0.462. The van der Waals surface area contributed by atoms with Gasteiger partial charge in [0, 0.05) is 28.8 Å². The Morgan fingerprint density at radius 2 is 1.61 bits per heavy atom. The quantitative estimate of drug-likeness (QED) is 0.630. The molecule has 6 rings (SSSR count). The maximum atomic E-state index is 6.37. The van der Waals surface area contributed by atoms with Crippen molar-refractivity contribution in [1.82, 2.24) is 10.6 Å². The van der Waals surface area contributed by atoms with Crippen LogP contribution < -0.4 is 10.6 Å². The Labute approximate surface area is 166 Å². The molecule has 146 valence electrons. The van der Waals surface area contributed by atoms with Crippen molar-refractivity contribution in [3.63, 3.8) is 0 Å². The van der Waals surface area contributed by atoms with Gasteiger partial charge in [-0.25, -0.2) is 0 Å². The third kappa shape index (κ3) is 2.71. The van der Waals surface area contributed by atoms with Crippen LogP contribution in [0.5, 0.6) is 0 Å².